The first-order chi connectivity index (χ1) is 5.49. The van der Waals surface area contributed by atoms with E-state index in [0.29, 0.717) is 4.86 Å². The average molecular weight is 205 g/mol. The normalized spacial score (nSPS) is 23.2. The van der Waals surface area contributed by atoms with Gasteiger partial charge in [0, 0.05) is 4.86 Å². The van der Waals surface area contributed by atoms with Gasteiger partial charge in [0.2, 0.25) is 0 Å². The summed E-state index contributed by atoms with van der Waals surface area (Å²) in [6, 6.07) is -0.536. The van der Waals surface area contributed by atoms with Gasteiger partial charge in [-0.25, -0.2) is 9.65 Å². The molecule has 0 radical (unpaired) electrons. The van der Waals surface area contributed by atoms with Crippen LogP contribution < -0.4 is 5.09 Å². The molecule has 3 N–H and O–H groups in total. The number of hydrogen-bond donors (Lipinski definition) is 3. The SMILES string of the molecule is O=P(O)(O)NC1C=CC=CC1=S. The first kappa shape index (κ1) is 9.77. The Hall–Kier alpha value is -0.320. The molecule has 0 spiro atoms. The van der Waals surface area contributed by atoms with Crippen molar-refractivity contribution in [2.24, 2.45) is 0 Å². The van der Waals surface area contributed by atoms with E-state index >= 15 is 0 Å². The third-order valence-corrected chi connectivity index (χ3v) is 2.29. The van der Waals surface area contributed by atoms with Crippen LogP contribution in [-0.2, 0) is 4.57 Å². The van der Waals surface area contributed by atoms with Crippen molar-refractivity contribution in [1.29, 1.82) is 0 Å². The maximum atomic E-state index is 10.5. The van der Waals surface area contributed by atoms with Crippen LogP contribution in [-0.4, -0.2) is 20.7 Å². The smallest absolute Gasteiger partial charge is 0.313 e. The van der Waals surface area contributed by atoms with Crippen molar-refractivity contribution in [2.75, 3.05) is 0 Å². The van der Waals surface area contributed by atoms with Gasteiger partial charge in [-0.3, -0.25) is 0 Å². The molecule has 0 aromatic heterocycles. The van der Waals surface area contributed by atoms with Gasteiger partial charge in [0.1, 0.15) is 0 Å². The van der Waals surface area contributed by atoms with Crippen LogP contribution in [0.3, 0.4) is 0 Å². The van der Waals surface area contributed by atoms with Gasteiger partial charge in [-0.15, -0.1) is 0 Å². The molecule has 0 amide bonds. The lowest BCUT2D eigenvalue weighted by molar-refractivity contribution is 0.357. The fourth-order valence-corrected chi connectivity index (χ4v) is 1.70. The zero-order valence-electron chi connectivity index (χ0n) is 6.04. The van der Waals surface area contributed by atoms with E-state index in [1.807, 2.05) is 0 Å². The van der Waals surface area contributed by atoms with Crippen molar-refractivity contribution < 1.29 is 14.4 Å². The zero-order valence-corrected chi connectivity index (χ0v) is 7.76. The minimum absolute atomic E-state index is 0.473. The zero-order chi connectivity index (χ0) is 9.19. The molecular weight excluding hydrogens is 197 g/mol. The Bertz CT molecular complexity index is 293. The molecule has 1 unspecified atom stereocenters. The molecule has 0 aliphatic heterocycles. The molecule has 1 atom stereocenters. The summed E-state index contributed by atoms with van der Waals surface area (Å²) >= 11 is 4.85. The molecule has 0 saturated heterocycles. The average Bonchev–Trinajstić information content (AvgIpc) is 1.91. The summed E-state index contributed by atoms with van der Waals surface area (Å²) in [6.07, 6.45) is 6.63. The lowest BCUT2D eigenvalue weighted by Gasteiger charge is -2.16. The van der Waals surface area contributed by atoms with Gasteiger partial charge in [-0.05, 0) is 6.08 Å². The van der Waals surface area contributed by atoms with Crippen LogP contribution in [0.15, 0.2) is 24.3 Å². The Morgan fingerprint density at radius 3 is 2.67 bits per heavy atom. The van der Waals surface area contributed by atoms with Crippen LogP contribution in [0.4, 0.5) is 0 Å². The summed E-state index contributed by atoms with van der Waals surface area (Å²) in [6.45, 7) is 0. The Morgan fingerprint density at radius 2 is 2.17 bits per heavy atom. The topological polar surface area (TPSA) is 69.6 Å². The van der Waals surface area contributed by atoms with Crippen molar-refractivity contribution in [3.63, 3.8) is 0 Å². The quantitative estimate of drug-likeness (QED) is 0.453. The first-order valence-electron chi connectivity index (χ1n) is 3.21. The molecule has 0 heterocycles. The number of rotatable bonds is 2. The number of hydrogen-bond acceptors (Lipinski definition) is 2. The predicted octanol–water partition coefficient (Wildman–Crippen LogP) is 0.533. The van der Waals surface area contributed by atoms with E-state index in [4.69, 9.17) is 22.0 Å². The predicted molar refractivity (Wildman–Crippen MR) is 49.8 cm³/mol. The molecule has 6 heteroatoms. The van der Waals surface area contributed by atoms with Crippen molar-refractivity contribution in [1.82, 2.24) is 5.09 Å². The fraction of sp³-hybridized carbons (Fsp3) is 0.167. The highest BCUT2D eigenvalue weighted by atomic mass is 32.1. The molecular formula is C6H8NO3PS. The van der Waals surface area contributed by atoms with Crippen molar-refractivity contribution in [3.05, 3.63) is 24.3 Å². The van der Waals surface area contributed by atoms with Crippen LogP contribution in [0.5, 0.6) is 0 Å². The second kappa shape index (κ2) is 3.60. The van der Waals surface area contributed by atoms with Crippen LogP contribution in [0.1, 0.15) is 0 Å². The highest BCUT2D eigenvalue weighted by molar-refractivity contribution is 7.81. The molecule has 0 fully saturated rings. The van der Waals surface area contributed by atoms with Gasteiger partial charge in [0.25, 0.3) is 0 Å². The highest BCUT2D eigenvalue weighted by Crippen LogP contribution is 2.29. The van der Waals surface area contributed by atoms with E-state index < -0.39 is 13.8 Å². The molecule has 0 aromatic rings. The Kier molecular flexibility index (Phi) is 2.93. The maximum Gasteiger partial charge on any atom is 0.401 e. The lowest BCUT2D eigenvalue weighted by atomic mass is 10.1. The first-order valence-corrected chi connectivity index (χ1v) is 5.23. The van der Waals surface area contributed by atoms with Crippen molar-refractivity contribution in [3.8, 4) is 0 Å². The van der Waals surface area contributed by atoms with Crippen LogP contribution in [0.25, 0.3) is 0 Å². The highest BCUT2D eigenvalue weighted by Gasteiger charge is 2.20. The number of allylic oxidation sites excluding steroid dienone is 2. The van der Waals surface area contributed by atoms with Gasteiger partial charge >= 0.3 is 7.75 Å². The van der Waals surface area contributed by atoms with Gasteiger partial charge in [0.05, 0.1) is 6.04 Å². The van der Waals surface area contributed by atoms with Crippen molar-refractivity contribution >= 4 is 24.8 Å². The van der Waals surface area contributed by atoms with Crippen molar-refractivity contribution in [2.45, 2.75) is 6.04 Å². The van der Waals surface area contributed by atoms with E-state index in [1.54, 1.807) is 24.3 Å². The van der Waals surface area contributed by atoms with E-state index in [-0.39, 0.29) is 0 Å². The Labute approximate surface area is 75.2 Å². The lowest BCUT2D eigenvalue weighted by Crippen LogP contribution is -2.31. The molecule has 0 aromatic carbocycles. The molecule has 4 nitrogen and oxygen atoms in total. The Morgan fingerprint density at radius 1 is 1.50 bits per heavy atom. The maximum absolute atomic E-state index is 10.5. The number of nitrogens with one attached hydrogen (secondary N) is 1. The molecule has 66 valence electrons. The van der Waals surface area contributed by atoms with E-state index in [0.717, 1.165) is 0 Å². The second-order valence-corrected chi connectivity index (χ2v) is 4.11. The van der Waals surface area contributed by atoms with Gasteiger partial charge < -0.3 is 9.79 Å². The minimum Gasteiger partial charge on any atom is -0.313 e. The third-order valence-electron chi connectivity index (χ3n) is 1.29. The Balaban J connectivity index is 2.66. The van der Waals surface area contributed by atoms with Crippen LogP contribution in [0, 0.1) is 0 Å². The van der Waals surface area contributed by atoms with Gasteiger partial charge in [-0.1, -0.05) is 30.4 Å². The van der Waals surface area contributed by atoms with E-state index in [2.05, 4.69) is 5.09 Å². The van der Waals surface area contributed by atoms with E-state index in [9.17, 15) is 4.57 Å². The van der Waals surface area contributed by atoms with E-state index in [1.165, 1.54) is 0 Å². The molecule has 0 saturated carbocycles. The monoisotopic (exact) mass is 205 g/mol. The molecule has 0 bridgehead atoms. The summed E-state index contributed by atoms with van der Waals surface area (Å²) in [7, 11) is -4.19. The largest absolute Gasteiger partial charge is 0.401 e. The van der Waals surface area contributed by atoms with Crippen LogP contribution >= 0.6 is 20.0 Å². The molecule has 12 heavy (non-hydrogen) atoms. The summed E-state index contributed by atoms with van der Waals surface area (Å²) in [5.74, 6) is 0. The standard InChI is InChI=1S/C6H8NO3PS/c8-11(9,10)7-5-3-1-2-4-6(5)12/h1-5H,(H3,7,8,9,10). The summed E-state index contributed by atoms with van der Waals surface area (Å²) in [5.41, 5.74) is 0. The third kappa shape index (κ3) is 2.97. The second-order valence-electron chi connectivity index (χ2n) is 2.30. The summed E-state index contributed by atoms with van der Waals surface area (Å²) in [4.78, 5) is 17.6. The van der Waals surface area contributed by atoms with Gasteiger partial charge in [0.15, 0.2) is 0 Å². The summed E-state index contributed by atoms with van der Waals surface area (Å²) < 4.78 is 10.5. The molecule has 1 aliphatic rings. The molecule has 1 rings (SSSR count). The summed E-state index contributed by atoms with van der Waals surface area (Å²) in [5, 5.41) is 2.10. The van der Waals surface area contributed by atoms with Gasteiger partial charge in [-0.2, -0.15) is 0 Å². The molecule has 1 aliphatic carbocycles. The minimum atomic E-state index is -4.19. The number of thiocarbonyl (C=S) groups is 1. The van der Waals surface area contributed by atoms with Crippen LogP contribution in [0.2, 0.25) is 0 Å². The fourth-order valence-electron chi connectivity index (χ4n) is 0.812.